The number of aliphatic hydroxyl groups excluding tert-OH is 1. The number of carbonyl (C=O) groups excluding carboxylic acids is 1. The Morgan fingerprint density at radius 1 is 1.22 bits per heavy atom. The molecule has 0 radical (unpaired) electrons. The van der Waals surface area contributed by atoms with E-state index in [2.05, 4.69) is 4.90 Å². The third kappa shape index (κ3) is 3.84. The van der Waals surface area contributed by atoms with Crippen LogP contribution in [-0.4, -0.2) is 35.1 Å². The minimum atomic E-state index is 0.205. The van der Waals surface area contributed by atoms with Gasteiger partial charge in [-0.1, -0.05) is 29.3 Å². The Balaban J connectivity index is 1.73. The summed E-state index contributed by atoms with van der Waals surface area (Å²) in [7, 11) is 0. The largest absolute Gasteiger partial charge is 0.396 e. The molecule has 5 heteroatoms. The summed E-state index contributed by atoms with van der Waals surface area (Å²) in [6.07, 6.45) is 5.43. The Bertz CT molecular complexity index is 578. The van der Waals surface area contributed by atoms with Gasteiger partial charge in [-0.2, -0.15) is 0 Å². The van der Waals surface area contributed by atoms with Gasteiger partial charge in [0.15, 0.2) is 0 Å². The highest BCUT2D eigenvalue weighted by Gasteiger charge is 2.36. The first kappa shape index (κ1) is 17.1. The lowest BCUT2D eigenvalue weighted by Crippen LogP contribution is -2.43. The van der Waals surface area contributed by atoms with Gasteiger partial charge < -0.3 is 10.0 Å². The molecule has 1 aromatic rings. The van der Waals surface area contributed by atoms with Gasteiger partial charge in [0.1, 0.15) is 0 Å². The van der Waals surface area contributed by atoms with Gasteiger partial charge in [0.05, 0.1) is 0 Å². The van der Waals surface area contributed by atoms with Crippen LogP contribution in [0.2, 0.25) is 10.0 Å². The molecule has 1 heterocycles. The number of likely N-dealkylation sites (tertiary alicyclic amines) is 1. The Morgan fingerprint density at radius 2 is 2.04 bits per heavy atom. The van der Waals surface area contributed by atoms with Crippen molar-refractivity contribution in [2.24, 2.45) is 11.8 Å². The predicted molar refractivity (Wildman–Crippen MR) is 92.8 cm³/mol. The lowest BCUT2D eigenvalue weighted by molar-refractivity contribution is -0.130. The van der Waals surface area contributed by atoms with Crippen molar-refractivity contribution in [1.82, 2.24) is 4.90 Å². The van der Waals surface area contributed by atoms with Gasteiger partial charge in [-0.15, -0.1) is 0 Å². The van der Waals surface area contributed by atoms with Crippen LogP contribution >= 0.6 is 23.2 Å². The maximum absolute atomic E-state index is 12.0. The summed E-state index contributed by atoms with van der Waals surface area (Å²) in [5.74, 6) is 0.933. The van der Waals surface area contributed by atoms with Crippen LogP contribution in [0.15, 0.2) is 18.2 Å². The van der Waals surface area contributed by atoms with Crippen molar-refractivity contribution in [1.29, 1.82) is 0 Å². The normalized spacial score (nSPS) is 28.4. The quantitative estimate of drug-likeness (QED) is 0.888. The summed E-state index contributed by atoms with van der Waals surface area (Å²) >= 11 is 12.3. The van der Waals surface area contributed by atoms with Crippen molar-refractivity contribution in [3.05, 3.63) is 33.8 Å². The van der Waals surface area contributed by atoms with Crippen LogP contribution in [0.4, 0.5) is 0 Å². The third-order valence-electron chi connectivity index (χ3n) is 5.39. The third-order valence-corrected chi connectivity index (χ3v) is 5.98. The maximum Gasteiger partial charge on any atom is 0.222 e. The minimum Gasteiger partial charge on any atom is -0.396 e. The molecule has 0 bridgehead atoms. The van der Waals surface area contributed by atoms with Crippen molar-refractivity contribution in [3.8, 4) is 0 Å². The zero-order valence-electron chi connectivity index (χ0n) is 13.2. The summed E-state index contributed by atoms with van der Waals surface area (Å²) in [4.78, 5) is 14.1. The molecule has 3 rings (SSSR count). The topological polar surface area (TPSA) is 40.5 Å². The standard InChI is InChI=1S/C18H23Cl2NO2/c19-15-5-3-12(17(20)10-15)8-14-9-16(6-4-13(14)11-22)21-7-1-2-18(21)23/h3,5,10,13-14,16,22H,1-2,4,6-9,11H2. The molecule has 1 saturated heterocycles. The fraction of sp³-hybridized carbons (Fsp3) is 0.611. The summed E-state index contributed by atoms with van der Waals surface area (Å²) in [6.45, 7) is 1.10. The molecule has 1 aromatic carbocycles. The molecule has 126 valence electrons. The number of amides is 1. The van der Waals surface area contributed by atoms with Gasteiger partial charge >= 0.3 is 0 Å². The average molecular weight is 356 g/mol. The lowest BCUT2D eigenvalue weighted by atomic mass is 9.74. The number of benzene rings is 1. The molecule has 2 aliphatic rings. The molecule has 1 aliphatic carbocycles. The summed E-state index contributed by atoms with van der Waals surface area (Å²) in [5, 5.41) is 11.1. The highest BCUT2D eigenvalue weighted by atomic mass is 35.5. The lowest BCUT2D eigenvalue weighted by Gasteiger charge is -2.39. The van der Waals surface area contributed by atoms with Gasteiger partial charge in [-0.3, -0.25) is 4.79 Å². The number of aliphatic hydroxyl groups is 1. The molecule has 1 N–H and O–H groups in total. The molecule has 1 aliphatic heterocycles. The SMILES string of the molecule is O=C1CCCN1C1CCC(CO)C(Cc2ccc(Cl)cc2Cl)C1. The molecule has 3 atom stereocenters. The van der Waals surface area contributed by atoms with Gasteiger partial charge in [-0.05, 0) is 61.6 Å². The molecule has 2 fully saturated rings. The molecule has 3 nitrogen and oxygen atoms in total. The summed E-state index contributed by atoms with van der Waals surface area (Å²) in [5.41, 5.74) is 1.08. The highest BCUT2D eigenvalue weighted by Crippen LogP contribution is 2.37. The van der Waals surface area contributed by atoms with Crippen LogP contribution in [0.5, 0.6) is 0 Å². The summed E-state index contributed by atoms with van der Waals surface area (Å²) in [6, 6.07) is 5.94. The molecule has 1 amide bonds. The maximum atomic E-state index is 12.0. The van der Waals surface area contributed by atoms with E-state index in [-0.39, 0.29) is 12.5 Å². The molecular formula is C18H23Cl2NO2. The number of carbonyl (C=O) groups is 1. The molecule has 0 aromatic heterocycles. The van der Waals surface area contributed by atoms with Crippen LogP contribution in [0, 0.1) is 11.8 Å². The Hall–Kier alpha value is -0.770. The first-order chi connectivity index (χ1) is 11.1. The van der Waals surface area contributed by atoms with E-state index in [4.69, 9.17) is 23.2 Å². The number of hydrogen-bond donors (Lipinski definition) is 1. The minimum absolute atomic E-state index is 0.205. The average Bonchev–Trinajstić information content (AvgIpc) is 2.96. The molecule has 3 unspecified atom stereocenters. The fourth-order valence-electron chi connectivity index (χ4n) is 4.10. The Morgan fingerprint density at radius 3 is 2.70 bits per heavy atom. The first-order valence-corrected chi connectivity index (χ1v) is 9.18. The van der Waals surface area contributed by atoms with E-state index in [1.54, 1.807) is 6.07 Å². The van der Waals surface area contributed by atoms with Crippen LogP contribution in [0.25, 0.3) is 0 Å². The smallest absolute Gasteiger partial charge is 0.222 e. The number of rotatable bonds is 4. The van der Waals surface area contributed by atoms with Crippen LogP contribution in [-0.2, 0) is 11.2 Å². The summed E-state index contributed by atoms with van der Waals surface area (Å²) < 4.78 is 0. The van der Waals surface area contributed by atoms with E-state index in [1.165, 1.54) is 0 Å². The second-order valence-electron chi connectivity index (χ2n) is 6.80. The van der Waals surface area contributed by atoms with Gasteiger partial charge in [0.25, 0.3) is 0 Å². The Labute approximate surface area is 147 Å². The molecule has 1 saturated carbocycles. The van der Waals surface area contributed by atoms with Gasteiger partial charge in [0.2, 0.25) is 5.91 Å². The van der Waals surface area contributed by atoms with Crippen LogP contribution in [0.1, 0.15) is 37.7 Å². The van der Waals surface area contributed by atoms with Crippen molar-refractivity contribution in [2.75, 3.05) is 13.2 Å². The second kappa shape index (κ2) is 7.42. The monoisotopic (exact) mass is 355 g/mol. The van der Waals surface area contributed by atoms with E-state index in [9.17, 15) is 9.90 Å². The highest BCUT2D eigenvalue weighted by molar-refractivity contribution is 6.35. The van der Waals surface area contributed by atoms with Crippen LogP contribution < -0.4 is 0 Å². The fourth-order valence-corrected chi connectivity index (χ4v) is 4.59. The number of nitrogens with zero attached hydrogens (tertiary/aromatic N) is 1. The number of hydrogen-bond acceptors (Lipinski definition) is 2. The Kier molecular flexibility index (Phi) is 5.50. The van der Waals surface area contributed by atoms with E-state index in [0.717, 1.165) is 44.2 Å². The van der Waals surface area contributed by atoms with Crippen LogP contribution in [0.3, 0.4) is 0 Å². The molecular weight excluding hydrogens is 333 g/mol. The van der Waals surface area contributed by atoms with Crippen molar-refractivity contribution in [3.63, 3.8) is 0 Å². The zero-order valence-corrected chi connectivity index (χ0v) is 14.7. The van der Waals surface area contributed by atoms with Crippen molar-refractivity contribution < 1.29 is 9.90 Å². The van der Waals surface area contributed by atoms with E-state index < -0.39 is 0 Å². The van der Waals surface area contributed by atoms with E-state index >= 15 is 0 Å². The van der Waals surface area contributed by atoms with Gasteiger partial charge in [0, 0.05) is 35.7 Å². The zero-order chi connectivity index (χ0) is 16.4. The molecule has 23 heavy (non-hydrogen) atoms. The number of halogens is 2. The van der Waals surface area contributed by atoms with E-state index in [1.807, 2.05) is 12.1 Å². The van der Waals surface area contributed by atoms with E-state index in [0.29, 0.717) is 34.3 Å². The van der Waals surface area contributed by atoms with Crippen molar-refractivity contribution in [2.45, 2.75) is 44.6 Å². The second-order valence-corrected chi connectivity index (χ2v) is 7.64. The van der Waals surface area contributed by atoms with Crippen molar-refractivity contribution >= 4 is 29.1 Å². The molecule has 0 spiro atoms. The van der Waals surface area contributed by atoms with Gasteiger partial charge in [-0.25, -0.2) is 0 Å². The first-order valence-electron chi connectivity index (χ1n) is 8.42. The predicted octanol–water partition coefficient (Wildman–Crippen LogP) is 3.94.